The zero-order valence-corrected chi connectivity index (χ0v) is 17.2. The van der Waals surface area contributed by atoms with Crippen molar-refractivity contribution in [1.82, 2.24) is 5.48 Å². The molecule has 0 amide bonds. The quantitative estimate of drug-likeness (QED) is 0.152. The molecule has 29 heavy (non-hydrogen) atoms. The van der Waals surface area contributed by atoms with Gasteiger partial charge in [-0.1, -0.05) is 42.5 Å². The van der Waals surface area contributed by atoms with Gasteiger partial charge in [-0.2, -0.15) is 0 Å². The molecule has 0 bridgehead atoms. The lowest BCUT2D eigenvalue weighted by atomic mass is 9.89. The Morgan fingerprint density at radius 1 is 1.28 bits per heavy atom. The van der Waals surface area contributed by atoms with Crippen LogP contribution in [0.4, 0.5) is 0 Å². The molecule has 2 rings (SSSR count). The Bertz CT molecular complexity index is 666. The van der Waals surface area contributed by atoms with Gasteiger partial charge in [0.1, 0.15) is 0 Å². The maximum absolute atomic E-state index is 10.5. The van der Waals surface area contributed by atoms with Gasteiger partial charge in [-0.15, -0.1) is 11.8 Å². The van der Waals surface area contributed by atoms with Crippen LogP contribution >= 0.6 is 11.8 Å². The molecule has 0 spiro atoms. The van der Waals surface area contributed by atoms with E-state index >= 15 is 0 Å². The van der Waals surface area contributed by atoms with Crippen LogP contribution in [-0.2, 0) is 4.79 Å². The molecule has 5 atom stereocenters. The molecule has 7 heteroatoms. The molecule has 1 aromatic carbocycles. The predicted octanol–water partition coefficient (Wildman–Crippen LogP) is 3.24. The monoisotopic (exact) mass is 421 g/mol. The third kappa shape index (κ3) is 8.32. The number of aliphatic carboxylic acids is 1. The number of hydrogen-bond acceptors (Lipinski definition) is 6. The molecule has 6 nitrogen and oxygen atoms in total. The average molecular weight is 422 g/mol. The second-order valence-electron chi connectivity index (χ2n) is 7.35. The van der Waals surface area contributed by atoms with Crippen LogP contribution in [0.1, 0.15) is 32.1 Å². The highest BCUT2D eigenvalue weighted by molar-refractivity contribution is 7.99. The van der Waals surface area contributed by atoms with Gasteiger partial charge in [-0.3, -0.25) is 4.79 Å². The number of unbranched alkanes of at least 4 members (excludes halogenated alkanes) is 1. The first-order valence-electron chi connectivity index (χ1n) is 10.00. The summed E-state index contributed by atoms with van der Waals surface area (Å²) in [7, 11) is 0. The number of hydroxylamine groups is 1. The van der Waals surface area contributed by atoms with Crippen molar-refractivity contribution >= 4 is 17.7 Å². The lowest BCUT2D eigenvalue weighted by molar-refractivity contribution is -0.137. The van der Waals surface area contributed by atoms with Gasteiger partial charge >= 0.3 is 5.97 Å². The summed E-state index contributed by atoms with van der Waals surface area (Å²) < 4.78 is 0. The van der Waals surface area contributed by atoms with E-state index < -0.39 is 18.2 Å². The Kier molecular flexibility index (Phi) is 10.5. The number of allylic oxidation sites excluding steroid dienone is 2. The molecule has 160 valence electrons. The molecular formula is C22H31NO5S. The molecule has 0 aliphatic heterocycles. The standard InChI is InChI=1S/C22H31NO5S/c24-16(15-29-17-8-4-3-5-9-17)12-13-18-19(21(25)14-20(18)23-28)10-6-1-2-7-11-22(26)27/h1,3-6,8-9,12-13,16,18-21,23-25,28H,2,7,10-11,14-15H2,(H,26,27)/b6-1-,13-12+/t16?,18-,19?,20?,21+/m1/s1. The fourth-order valence-corrected chi connectivity index (χ4v) is 4.45. The number of aliphatic hydroxyl groups is 2. The lowest BCUT2D eigenvalue weighted by Crippen LogP contribution is -2.30. The summed E-state index contributed by atoms with van der Waals surface area (Å²) in [5.74, 6) is -0.437. The van der Waals surface area contributed by atoms with E-state index in [-0.39, 0.29) is 24.3 Å². The Balaban J connectivity index is 1.87. The first-order chi connectivity index (χ1) is 14.0. The molecule has 0 saturated heterocycles. The first-order valence-corrected chi connectivity index (χ1v) is 11.0. The predicted molar refractivity (Wildman–Crippen MR) is 114 cm³/mol. The topological polar surface area (TPSA) is 110 Å². The minimum absolute atomic E-state index is 0.0689. The summed E-state index contributed by atoms with van der Waals surface area (Å²) in [5, 5.41) is 38.8. The van der Waals surface area contributed by atoms with Gasteiger partial charge in [-0.25, -0.2) is 5.48 Å². The molecule has 1 aromatic rings. The number of benzene rings is 1. The number of nitrogens with one attached hydrogen (secondary N) is 1. The number of aliphatic hydroxyl groups excluding tert-OH is 2. The van der Waals surface area contributed by atoms with Crippen molar-refractivity contribution in [3.8, 4) is 0 Å². The Labute approximate surface area is 176 Å². The fourth-order valence-electron chi connectivity index (χ4n) is 3.63. The summed E-state index contributed by atoms with van der Waals surface area (Å²) >= 11 is 1.57. The fraction of sp³-hybridized carbons (Fsp3) is 0.500. The number of carbonyl (C=O) groups is 1. The number of carboxylic acids is 1. The van der Waals surface area contributed by atoms with Crippen LogP contribution in [0.15, 0.2) is 59.5 Å². The summed E-state index contributed by atoms with van der Waals surface area (Å²) in [5.41, 5.74) is 2.29. The highest BCUT2D eigenvalue weighted by atomic mass is 32.2. The Hall–Kier alpha value is -1.64. The average Bonchev–Trinajstić information content (AvgIpc) is 3.02. The van der Waals surface area contributed by atoms with Crippen molar-refractivity contribution in [2.24, 2.45) is 11.8 Å². The lowest BCUT2D eigenvalue weighted by Gasteiger charge is -2.21. The number of hydrogen-bond donors (Lipinski definition) is 5. The van der Waals surface area contributed by atoms with Gasteiger partial charge in [0.2, 0.25) is 0 Å². The van der Waals surface area contributed by atoms with Gasteiger partial charge in [0, 0.05) is 29.0 Å². The minimum atomic E-state index is -0.796. The normalized spacial score (nSPS) is 25.8. The van der Waals surface area contributed by atoms with E-state index in [9.17, 15) is 20.2 Å². The van der Waals surface area contributed by atoms with E-state index in [2.05, 4.69) is 5.48 Å². The largest absolute Gasteiger partial charge is 0.481 e. The molecule has 1 aliphatic rings. The molecule has 0 heterocycles. The van der Waals surface area contributed by atoms with Crippen LogP contribution in [0.5, 0.6) is 0 Å². The van der Waals surface area contributed by atoms with Crippen LogP contribution in [0, 0.1) is 11.8 Å². The third-order valence-corrected chi connectivity index (χ3v) is 6.28. The van der Waals surface area contributed by atoms with Crippen molar-refractivity contribution in [3.05, 3.63) is 54.6 Å². The zero-order chi connectivity index (χ0) is 21.1. The van der Waals surface area contributed by atoms with E-state index in [1.54, 1.807) is 17.8 Å². The molecular weight excluding hydrogens is 390 g/mol. The van der Waals surface area contributed by atoms with E-state index in [4.69, 9.17) is 5.11 Å². The van der Waals surface area contributed by atoms with E-state index in [1.165, 1.54) is 0 Å². The Morgan fingerprint density at radius 3 is 2.72 bits per heavy atom. The van der Waals surface area contributed by atoms with Crippen molar-refractivity contribution < 1.29 is 25.3 Å². The molecule has 3 unspecified atom stereocenters. The van der Waals surface area contributed by atoms with Gasteiger partial charge in [0.15, 0.2) is 0 Å². The Morgan fingerprint density at radius 2 is 2.03 bits per heavy atom. The number of thioether (sulfide) groups is 1. The van der Waals surface area contributed by atoms with Crippen LogP contribution < -0.4 is 5.48 Å². The highest BCUT2D eigenvalue weighted by Gasteiger charge is 2.40. The summed E-state index contributed by atoms with van der Waals surface area (Å²) in [6, 6.07) is 9.61. The molecule has 0 aromatic heterocycles. The van der Waals surface area contributed by atoms with Gasteiger partial charge in [0.05, 0.1) is 12.2 Å². The summed E-state index contributed by atoms with van der Waals surface area (Å²) in [6.45, 7) is 0. The van der Waals surface area contributed by atoms with Crippen LogP contribution in [0.25, 0.3) is 0 Å². The molecule has 1 aliphatic carbocycles. The highest BCUT2D eigenvalue weighted by Crippen LogP contribution is 2.36. The van der Waals surface area contributed by atoms with E-state index in [0.29, 0.717) is 31.4 Å². The van der Waals surface area contributed by atoms with E-state index in [0.717, 1.165) is 4.90 Å². The van der Waals surface area contributed by atoms with Crippen LogP contribution in [-0.4, -0.2) is 50.5 Å². The van der Waals surface area contributed by atoms with Gasteiger partial charge < -0.3 is 20.5 Å². The maximum Gasteiger partial charge on any atom is 0.303 e. The van der Waals surface area contributed by atoms with Crippen molar-refractivity contribution in [2.75, 3.05) is 5.75 Å². The maximum atomic E-state index is 10.5. The second-order valence-corrected chi connectivity index (χ2v) is 8.44. The van der Waals surface area contributed by atoms with Gasteiger partial charge in [-0.05, 0) is 43.7 Å². The summed E-state index contributed by atoms with van der Waals surface area (Å²) in [6.07, 6.45) is 8.89. The number of rotatable bonds is 12. The zero-order valence-electron chi connectivity index (χ0n) is 16.4. The molecule has 0 radical (unpaired) electrons. The smallest absolute Gasteiger partial charge is 0.303 e. The summed E-state index contributed by atoms with van der Waals surface area (Å²) in [4.78, 5) is 11.6. The molecule has 5 N–H and O–H groups in total. The molecule has 1 fully saturated rings. The number of carboxylic acid groups (broad SMARTS) is 1. The minimum Gasteiger partial charge on any atom is -0.481 e. The van der Waals surface area contributed by atoms with Crippen LogP contribution in [0.2, 0.25) is 0 Å². The molecule has 1 saturated carbocycles. The van der Waals surface area contributed by atoms with Gasteiger partial charge in [0.25, 0.3) is 0 Å². The van der Waals surface area contributed by atoms with Crippen molar-refractivity contribution in [1.29, 1.82) is 0 Å². The van der Waals surface area contributed by atoms with Crippen molar-refractivity contribution in [2.45, 2.75) is 55.2 Å². The van der Waals surface area contributed by atoms with E-state index in [1.807, 2.05) is 48.6 Å². The second kappa shape index (κ2) is 12.8. The third-order valence-electron chi connectivity index (χ3n) is 5.17. The van der Waals surface area contributed by atoms with Crippen molar-refractivity contribution in [3.63, 3.8) is 0 Å². The SMILES string of the molecule is O=C(O)CCC/C=C\CC1[C@@H](/C=C/C(O)CSc2ccccc2)C(NO)C[C@@H]1O. The first kappa shape index (κ1) is 23.6. The van der Waals surface area contributed by atoms with Crippen LogP contribution in [0.3, 0.4) is 0 Å².